The second-order valence-corrected chi connectivity index (χ2v) is 4.16. The molecule has 0 unspecified atom stereocenters. The van der Waals surface area contributed by atoms with Crippen LogP contribution in [0.5, 0.6) is 0 Å². The van der Waals surface area contributed by atoms with E-state index in [2.05, 4.69) is 0 Å². The first kappa shape index (κ1) is 12.0. The molecule has 0 atom stereocenters. The zero-order valence-electron chi connectivity index (χ0n) is 8.73. The summed E-state index contributed by atoms with van der Waals surface area (Å²) in [5.41, 5.74) is 5.44. The van der Waals surface area contributed by atoms with E-state index in [1.165, 1.54) is 12.1 Å². The Morgan fingerprint density at radius 2 is 1.40 bits per heavy atom. The maximum atomic E-state index is 12.3. The van der Waals surface area contributed by atoms with Gasteiger partial charge in [-0.25, -0.2) is 0 Å². The smallest absolute Gasteiger partial charge is 0.330 e. The number of nitrogens with two attached hydrogens (primary N) is 1. The molecule has 0 spiro atoms. The Balaban J connectivity index is 3.01. The molecule has 0 saturated carbocycles. The summed E-state index contributed by atoms with van der Waals surface area (Å²) in [6.07, 6.45) is -4.27. The molecule has 2 N–H and O–H groups in total. The summed E-state index contributed by atoms with van der Waals surface area (Å²) in [5, 5.41) is 0. The highest BCUT2D eigenvalue weighted by Gasteiger charge is 2.30. The summed E-state index contributed by atoms with van der Waals surface area (Å²) in [6.45, 7) is 4.20. The third-order valence-corrected chi connectivity index (χ3v) is 2.50. The topological polar surface area (TPSA) is 26.0 Å². The van der Waals surface area contributed by atoms with Crippen LogP contribution in [-0.2, 0) is 11.6 Å². The predicted molar refractivity (Wildman–Crippen MR) is 53.5 cm³/mol. The zero-order chi connectivity index (χ0) is 11.7. The molecular weight excluding hydrogens is 203 g/mol. The summed E-state index contributed by atoms with van der Waals surface area (Å²) in [6, 6.07) is 5.14. The highest BCUT2D eigenvalue weighted by molar-refractivity contribution is 5.29. The fraction of sp³-hybridized carbons (Fsp3) is 0.455. The van der Waals surface area contributed by atoms with E-state index in [1.807, 2.05) is 13.8 Å². The Morgan fingerprint density at radius 1 is 1.00 bits per heavy atom. The molecule has 84 valence electrons. The SMILES string of the molecule is CC(C)(CN)c1ccc(C(F)(F)F)cc1. The molecule has 0 bridgehead atoms. The van der Waals surface area contributed by atoms with Crippen molar-refractivity contribution in [1.29, 1.82) is 0 Å². The van der Waals surface area contributed by atoms with Crippen molar-refractivity contribution >= 4 is 0 Å². The molecule has 0 fully saturated rings. The highest BCUT2D eigenvalue weighted by atomic mass is 19.4. The normalized spacial score (nSPS) is 12.9. The van der Waals surface area contributed by atoms with Crippen molar-refractivity contribution in [3.8, 4) is 0 Å². The van der Waals surface area contributed by atoms with E-state index in [0.717, 1.165) is 17.7 Å². The first-order valence-electron chi connectivity index (χ1n) is 4.65. The monoisotopic (exact) mass is 217 g/mol. The molecule has 0 radical (unpaired) electrons. The lowest BCUT2D eigenvalue weighted by molar-refractivity contribution is -0.137. The van der Waals surface area contributed by atoms with Gasteiger partial charge in [-0.05, 0) is 17.7 Å². The number of hydrogen-bond donors (Lipinski definition) is 1. The van der Waals surface area contributed by atoms with Crippen LogP contribution in [-0.4, -0.2) is 6.54 Å². The molecule has 0 aliphatic rings. The van der Waals surface area contributed by atoms with Gasteiger partial charge in [-0.15, -0.1) is 0 Å². The lowest BCUT2D eigenvalue weighted by Crippen LogP contribution is -2.28. The van der Waals surface area contributed by atoms with Crippen molar-refractivity contribution < 1.29 is 13.2 Å². The summed E-state index contributed by atoms with van der Waals surface area (Å²) in [4.78, 5) is 0. The van der Waals surface area contributed by atoms with Crippen LogP contribution in [0.25, 0.3) is 0 Å². The Kier molecular flexibility index (Phi) is 3.09. The largest absolute Gasteiger partial charge is 0.416 e. The van der Waals surface area contributed by atoms with E-state index in [9.17, 15) is 13.2 Å². The van der Waals surface area contributed by atoms with Crippen molar-refractivity contribution in [3.05, 3.63) is 35.4 Å². The molecule has 0 amide bonds. The molecule has 0 saturated heterocycles. The molecule has 1 nitrogen and oxygen atoms in total. The average Bonchev–Trinajstić information content (AvgIpc) is 2.17. The predicted octanol–water partition coefficient (Wildman–Crippen LogP) is 2.94. The summed E-state index contributed by atoms with van der Waals surface area (Å²) in [5.74, 6) is 0. The summed E-state index contributed by atoms with van der Waals surface area (Å²) >= 11 is 0. The summed E-state index contributed by atoms with van der Waals surface area (Å²) in [7, 11) is 0. The van der Waals surface area contributed by atoms with E-state index in [4.69, 9.17) is 5.73 Å². The van der Waals surface area contributed by atoms with Gasteiger partial charge in [-0.2, -0.15) is 13.2 Å². The molecule has 0 heterocycles. The number of alkyl halides is 3. The fourth-order valence-electron chi connectivity index (χ4n) is 1.23. The van der Waals surface area contributed by atoms with Crippen LogP contribution in [0.4, 0.5) is 13.2 Å². The van der Waals surface area contributed by atoms with Crippen LogP contribution in [0.3, 0.4) is 0 Å². The maximum absolute atomic E-state index is 12.3. The minimum atomic E-state index is -4.27. The van der Waals surface area contributed by atoms with Crippen LogP contribution >= 0.6 is 0 Å². The van der Waals surface area contributed by atoms with Crippen molar-refractivity contribution in [2.75, 3.05) is 6.54 Å². The number of hydrogen-bond acceptors (Lipinski definition) is 1. The van der Waals surface area contributed by atoms with E-state index < -0.39 is 11.7 Å². The van der Waals surface area contributed by atoms with E-state index in [1.54, 1.807) is 0 Å². The Labute approximate surface area is 87.1 Å². The van der Waals surface area contributed by atoms with Gasteiger partial charge in [0.05, 0.1) is 5.56 Å². The highest BCUT2D eigenvalue weighted by Crippen LogP contribution is 2.31. The maximum Gasteiger partial charge on any atom is 0.416 e. The van der Waals surface area contributed by atoms with Gasteiger partial charge in [-0.1, -0.05) is 26.0 Å². The van der Waals surface area contributed by atoms with Gasteiger partial charge in [0.25, 0.3) is 0 Å². The zero-order valence-corrected chi connectivity index (χ0v) is 8.73. The van der Waals surface area contributed by atoms with Crippen molar-refractivity contribution in [3.63, 3.8) is 0 Å². The van der Waals surface area contributed by atoms with Crippen molar-refractivity contribution in [1.82, 2.24) is 0 Å². The first-order valence-corrected chi connectivity index (χ1v) is 4.65. The molecule has 0 aliphatic heterocycles. The minimum absolute atomic E-state index is 0.288. The van der Waals surface area contributed by atoms with Crippen LogP contribution in [0, 0.1) is 0 Å². The molecule has 1 aromatic carbocycles. The van der Waals surface area contributed by atoms with Crippen molar-refractivity contribution in [2.45, 2.75) is 25.4 Å². The van der Waals surface area contributed by atoms with Crippen LogP contribution < -0.4 is 5.73 Å². The van der Waals surface area contributed by atoms with Crippen LogP contribution in [0.1, 0.15) is 25.0 Å². The molecule has 0 aliphatic carbocycles. The molecule has 1 aromatic rings. The van der Waals surface area contributed by atoms with Gasteiger partial charge in [0.2, 0.25) is 0 Å². The lowest BCUT2D eigenvalue weighted by atomic mass is 9.84. The van der Waals surface area contributed by atoms with Crippen LogP contribution in [0.2, 0.25) is 0 Å². The first-order chi connectivity index (χ1) is 6.77. The number of halogens is 3. The van der Waals surface area contributed by atoms with Gasteiger partial charge >= 0.3 is 6.18 Å². The molecule has 15 heavy (non-hydrogen) atoms. The Morgan fingerprint density at radius 3 is 1.73 bits per heavy atom. The van der Waals surface area contributed by atoms with Gasteiger partial charge < -0.3 is 5.73 Å². The minimum Gasteiger partial charge on any atom is -0.330 e. The third kappa shape index (κ3) is 2.72. The van der Waals surface area contributed by atoms with Crippen molar-refractivity contribution in [2.24, 2.45) is 5.73 Å². The molecule has 0 aromatic heterocycles. The van der Waals surface area contributed by atoms with Gasteiger partial charge in [0.15, 0.2) is 0 Å². The van der Waals surface area contributed by atoms with E-state index >= 15 is 0 Å². The second kappa shape index (κ2) is 3.85. The fourth-order valence-corrected chi connectivity index (χ4v) is 1.23. The van der Waals surface area contributed by atoms with Gasteiger partial charge in [0.1, 0.15) is 0 Å². The lowest BCUT2D eigenvalue weighted by Gasteiger charge is -2.23. The number of benzene rings is 1. The van der Waals surface area contributed by atoms with Gasteiger partial charge in [-0.3, -0.25) is 0 Å². The van der Waals surface area contributed by atoms with Crippen LogP contribution in [0.15, 0.2) is 24.3 Å². The summed E-state index contributed by atoms with van der Waals surface area (Å²) < 4.78 is 36.8. The molecule has 4 heteroatoms. The van der Waals surface area contributed by atoms with E-state index in [-0.39, 0.29) is 5.41 Å². The Hall–Kier alpha value is -1.03. The molecule has 1 rings (SSSR count). The van der Waals surface area contributed by atoms with E-state index in [0.29, 0.717) is 6.54 Å². The Bertz CT molecular complexity index is 325. The van der Waals surface area contributed by atoms with Gasteiger partial charge in [0, 0.05) is 12.0 Å². The second-order valence-electron chi connectivity index (χ2n) is 4.16. The standard InChI is InChI=1S/C11H14F3N/c1-10(2,7-15)8-3-5-9(6-4-8)11(12,13)14/h3-6H,7,15H2,1-2H3. The number of rotatable bonds is 2. The average molecular weight is 217 g/mol. The third-order valence-electron chi connectivity index (χ3n) is 2.50. The quantitative estimate of drug-likeness (QED) is 0.809. The molecular formula is C11H14F3N.